The van der Waals surface area contributed by atoms with Gasteiger partial charge in [0.1, 0.15) is 0 Å². The quantitative estimate of drug-likeness (QED) is 0.750. The fraction of sp³-hybridized carbons (Fsp3) is 0.136. The van der Waals surface area contributed by atoms with Crippen molar-refractivity contribution < 1.29 is 9.59 Å². The van der Waals surface area contributed by atoms with Crippen LogP contribution in [-0.4, -0.2) is 23.2 Å². The molecule has 0 saturated heterocycles. The zero-order chi connectivity index (χ0) is 18.6. The average molecular weight is 357 g/mol. The molecule has 0 radical (unpaired) electrons. The van der Waals surface area contributed by atoms with Crippen LogP contribution in [0, 0.1) is 0 Å². The molecule has 0 spiro atoms. The zero-order valence-electron chi connectivity index (χ0n) is 14.8. The summed E-state index contributed by atoms with van der Waals surface area (Å²) in [5.41, 5.74) is 2.96. The molecule has 0 aliphatic carbocycles. The molecule has 1 N–H and O–H groups in total. The fourth-order valence-corrected chi connectivity index (χ4v) is 3.21. The molecular weight excluding hydrogens is 338 g/mol. The number of Topliss-reactive ketones (excluding diaryl/α,β-unsaturated/α-hetero) is 1. The second kappa shape index (κ2) is 7.41. The second-order valence-corrected chi connectivity index (χ2v) is 6.46. The molecule has 2 heterocycles. The van der Waals surface area contributed by atoms with E-state index in [1.807, 2.05) is 54.6 Å². The van der Waals surface area contributed by atoms with E-state index in [0.29, 0.717) is 35.6 Å². The zero-order valence-corrected chi connectivity index (χ0v) is 14.8. The molecule has 1 aliphatic rings. The molecule has 5 nitrogen and oxygen atoms in total. The van der Waals surface area contributed by atoms with E-state index >= 15 is 0 Å². The van der Waals surface area contributed by atoms with Gasteiger partial charge in [-0.2, -0.15) is 0 Å². The van der Waals surface area contributed by atoms with Crippen LogP contribution in [0.4, 0.5) is 17.2 Å². The number of pyridine rings is 1. The third kappa shape index (κ3) is 3.58. The third-order valence-corrected chi connectivity index (χ3v) is 4.60. The van der Waals surface area contributed by atoms with Crippen molar-refractivity contribution in [3.63, 3.8) is 0 Å². The number of amides is 1. The number of nitrogens with zero attached hydrogens (tertiary/aromatic N) is 2. The van der Waals surface area contributed by atoms with E-state index in [-0.39, 0.29) is 18.2 Å². The first-order valence-corrected chi connectivity index (χ1v) is 8.91. The van der Waals surface area contributed by atoms with Gasteiger partial charge in [0, 0.05) is 12.6 Å². The van der Waals surface area contributed by atoms with Gasteiger partial charge in [0.25, 0.3) is 5.91 Å². The summed E-state index contributed by atoms with van der Waals surface area (Å²) in [6, 6.07) is 20.7. The number of aromatic nitrogens is 1. The highest BCUT2D eigenvalue weighted by molar-refractivity contribution is 6.15. The SMILES string of the molecule is O=C(CCc1ccccc1)CN1C(=O)c2ccccc2Nc2ncccc21. The molecule has 27 heavy (non-hydrogen) atoms. The van der Waals surface area contributed by atoms with Gasteiger partial charge < -0.3 is 5.32 Å². The lowest BCUT2D eigenvalue weighted by Crippen LogP contribution is -2.35. The van der Waals surface area contributed by atoms with E-state index in [0.717, 1.165) is 5.56 Å². The Morgan fingerprint density at radius 2 is 1.74 bits per heavy atom. The Bertz CT molecular complexity index is 986. The lowest BCUT2D eigenvalue weighted by Gasteiger charge is -2.21. The number of rotatable bonds is 5. The van der Waals surface area contributed by atoms with Gasteiger partial charge in [0.05, 0.1) is 23.5 Å². The van der Waals surface area contributed by atoms with Gasteiger partial charge in [-0.3, -0.25) is 14.5 Å². The Morgan fingerprint density at radius 1 is 0.963 bits per heavy atom. The highest BCUT2D eigenvalue weighted by Crippen LogP contribution is 2.33. The van der Waals surface area contributed by atoms with Gasteiger partial charge in [-0.25, -0.2) is 4.98 Å². The lowest BCUT2D eigenvalue weighted by atomic mass is 10.1. The van der Waals surface area contributed by atoms with Crippen LogP contribution < -0.4 is 10.2 Å². The summed E-state index contributed by atoms with van der Waals surface area (Å²) in [6.07, 6.45) is 2.72. The number of carbonyl (C=O) groups excluding carboxylic acids is 2. The largest absolute Gasteiger partial charge is 0.338 e. The minimum Gasteiger partial charge on any atom is -0.338 e. The molecule has 1 aliphatic heterocycles. The maximum absolute atomic E-state index is 13.1. The van der Waals surface area contributed by atoms with Crippen molar-refractivity contribution in [1.29, 1.82) is 0 Å². The number of hydrogen-bond donors (Lipinski definition) is 1. The molecule has 0 fully saturated rings. The van der Waals surface area contributed by atoms with Crippen molar-refractivity contribution in [2.75, 3.05) is 16.8 Å². The number of para-hydroxylation sites is 1. The number of aryl methyl sites for hydroxylation is 1. The first-order chi connectivity index (χ1) is 13.2. The smallest absolute Gasteiger partial charge is 0.260 e. The number of nitrogens with one attached hydrogen (secondary N) is 1. The molecule has 0 atom stereocenters. The van der Waals surface area contributed by atoms with Crippen molar-refractivity contribution in [2.45, 2.75) is 12.8 Å². The first kappa shape index (κ1) is 17.0. The predicted octanol–water partition coefficient (Wildman–Crippen LogP) is 3.99. The van der Waals surface area contributed by atoms with Crippen molar-refractivity contribution in [3.05, 3.63) is 84.1 Å². The Labute approximate surface area is 157 Å². The monoisotopic (exact) mass is 357 g/mol. The van der Waals surface area contributed by atoms with Gasteiger partial charge in [-0.05, 0) is 36.2 Å². The maximum Gasteiger partial charge on any atom is 0.260 e. The van der Waals surface area contributed by atoms with E-state index in [2.05, 4.69) is 10.3 Å². The summed E-state index contributed by atoms with van der Waals surface area (Å²) >= 11 is 0. The highest BCUT2D eigenvalue weighted by atomic mass is 16.2. The average Bonchev–Trinajstić information content (AvgIpc) is 2.82. The van der Waals surface area contributed by atoms with Crippen LogP contribution in [0.3, 0.4) is 0 Å². The third-order valence-electron chi connectivity index (χ3n) is 4.60. The Hall–Kier alpha value is -3.47. The van der Waals surface area contributed by atoms with Crippen LogP contribution in [0.25, 0.3) is 0 Å². The molecule has 0 bridgehead atoms. The van der Waals surface area contributed by atoms with E-state index in [9.17, 15) is 9.59 Å². The minimum absolute atomic E-state index is 0.0152. The van der Waals surface area contributed by atoms with E-state index in [1.165, 1.54) is 4.90 Å². The van der Waals surface area contributed by atoms with Crippen molar-refractivity contribution in [2.24, 2.45) is 0 Å². The molecule has 0 unspecified atom stereocenters. The topological polar surface area (TPSA) is 62.3 Å². The number of benzene rings is 2. The summed E-state index contributed by atoms with van der Waals surface area (Å²) in [7, 11) is 0. The summed E-state index contributed by atoms with van der Waals surface area (Å²) in [4.78, 5) is 31.6. The van der Waals surface area contributed by atoms with Crippen LogP contribution >= 0.6 is 0 Å². The normalized spacial score (nSPS) is 12.6. The van der Waals surface area contributed by atoms with Gasteiger partial charge in [-0.15, -0.1) is 0 Å². The molecular formula is C22H19N3O2. The van der Waals surface area contributed by atoms with Crippen LogP contribution in [0.15, 0.2) is 72.9 Å². The van der Waals surface area contributed by atoms with E-state index < -0.39 is 0 Å². The molecule has 3 aromatic rings. The molecule has 134 valence electrons. The minimum atomic E-state index is -0.196. The van der Waals surface area contributed by atoms with Crippen LogP contribution in [0.2, 0.25) is 0 Å². The fourth-order valence-electron chi connectivity index (χ4n) is 3.21. The molecule has 0 saturated carbocycles. The first-order valence-electron chi connectivity index (χ1n) is 8.91. The van der Waals surface area contributed by atoms with Crippen LogP contribution in [0.1, 0.15) is 22.3 Å². The van der Waals surface area contributed by atoms with Crippen LogP contribution in [-0.2, 0) is 11.2 Å². The van der Waals surface area contributed by atoms with Gasteiger partial charge >= 0.3 is 0 Å². The molecule has 2 aromatic carbocycles. The molecule has 1 aromatic heterocycles. The molecule has 4 rings (SSSR count). The Morgan fingerprint density at radius 3 is 2.59 bits per heavy atom. The Kier molecular flexibility index (Phi) is 4.66. The highest BCUT2D eigenvalue weighted by Gasteiger charge is 2.28. The maximum atomic E-state index is 13.1. The standard InChI is InChI=1S/C22H19N3O2/c26-17(13-12-16-7-2-1-3-8-16)15-25-20-11-6-14-23-21(20)24-19-10-5-4-9-18(19)22(25)27/h1-11,14H,12-13,15H2,(H,23,24). The van der Waals surface area contributed by atoms with Gasteiger partial charge in [-0.1, -0.05) is 42.5 Å². The summed E-state index contributed by atoms with van der Waals surface area (Å²) in [5, 5.41) is 3.21. The van der Waals surface area contributed by atoms with Gasteiger partial charge in [0.15, 0.2) is 11.6 Å². The molecule has 1 amide bonds. The summed E-state index contributed by atoms with van der Waals surface area (Å²) < 4.78 is 0. The Balaban J connectivity index is 1.59. The number of anilines is 3. The number of ketones is 1. The number of carbonyl (C=O) groups is 2. The predicted molar refractivity (Wildman–Crippen MR) is 105 cm³/mol. The molecule has 5 heteroatoms. The summed E-state index contributed by atoms with van der Waals surface area (Å²) in [5.74, 6) is 0.394. The van der Waals surface area contributed by atoms with E-state index in [1.54, 1.807) is 18.3 Å². The van der Waals surface area contributed by atoms with E-state index in [4.69, 9.17) is 0 Å². The number of hydrogen-bond acceptors (Lipinski definition) is 4. The van der Waals surface area contributed by atoms with Crippen molar-refractivity contribution >= 4 is 28.9 Å². The van der Waals surface area contributed by atoms with Crippen molar-refractivity contribution in [1.82, 2.24) is 4.98 Å². The number of fused-ring (bicyclic) bond motifs is 2. The second-order valence-electron chi connectivity index (χ2n) is 6.46. The van der Waals surface area contributed by atoms with Gasteiger partial charge in [0.2, 0.25) is 0 Å². The lowest BCUT2D eigenvalue weighted by molar-refractivity contribution is -0.117. The van der Waals surface area contributed by atoms with Crippen LogP contribution in [0.5, 0.6) is 0 Å². The summed E-state index contributed by atoms with van der Waals surface area (Å²) in [6.45, 7) is 0.0281. The van der Waals surface area contributed by atoms with Crippen molar-refractivity contribution in [3.8, 4) is 0 Å².